The number of rotatable bonds is 6. The molecule has 0 atom stereocenters. The van der Waals surface area contributed by atoms with E-state index in [2.05, 4.69) is 0 Å². The summed E-state index contributed by atoms with van der Waals surface area (Å²) in [5.74, 6) is -0.552. The number of aromatic nitrogens is 1. The standard InChI is InChI=1S/C24H24N2O3S/c1-17-9-11-18(12-10-17)23-20(25-24(30-23)19-7-3-2-4-8-19)15-22(28)29-16-21(27)26-13-5-6-14-26/h2-4,7-12H,5-6,13-16H2,1H3. The normalized spacial score (nSPS) is 13.4. The Hall–Kier alpha value is -2.99. The van der Waals surface area contributed by atoms with Gasteiger partial charge in [-0.3, -0.25) is 9.59 Å². The van der Waals surface area contributed by atoms with Gasteiger partial charge in [0, 0.05) is 18.7 Å². The Balaban J connectivity index is 1.53. The number of esters is 1. The van der Waals surface area contributed by atoms with E-state index < -0.39 is 5.97 Å². The molecule has 6 heteroatoms. The summed E-state index contributed by atoms with van der Waals surface area (Å²) in [4.78, 5) is 32.1. The first-order valence-electron chi connectivity index (χ1n) is 10.2. The Kier molecular flexibility index (Phi) is 6.23. The van der Waals surface area contributed by atoms with E-state index in [9.17, 15) is 9.59 Å². The molecular formula is C24H24N2O3S. The first kappa shape index (κ1) is 20.3. The summed E-state index contributed by atoms with van der Waals surface area (Å²) in [6, 6.07) is 18.1. The van der Waals surface area contributed by atoms with Crippen LogP contribution in [0.2, 0.25) is 0 Å². The predicted octanol–water partition coefficient (Wildman–Crippen LogP) is 4.49. The van der Waals surface area contributed by atoms with Crippen LogP contribution in [0.15, 0.2) is 54.6 Å². The lowest BCUT2D eigenvalue weighted by Crippen LogP contribution is -2.32. The minimum atomic E-state index is -0.430. The molecule has 5 nitrogen and oxygen atoms in total. The SMILES string of the molecule is Cc1ccc(-c2sc(-c3ccccc3)nc2CC(=O)OCC(=O)N2CCCC2)cc1. The highest BCUT2D eigenvalue weighted by Gasteiger charge is 2.21. The average Bonchev–Trinajstić information content (AvgIpc) is 3.44. The van der Waals surface area contributed by atoms with E-state index in [4.69, 9.17) is 9.72 Å². The third kappa shape index (κ3) is 4.76. The summed E-state index contributed by atoms with van der Waals surface area (Å²) < 4.78 is 5.28. The molecule has 1 aliphatic heterocycles. The molecule has 1 saturated heterocycles. The fraction of sp³-hybridized carbons (Fsp3) is 0.292. The van der Waals surface area contributed by atoms with Crippen molar-refractivity contribution in [2.24, 2.45) is 0 Å². The molecule has 30 heavy (non-hydrogen) atoms. The number of nitrogens with zero attached hydrogens (tertiary/aromatic N) is 2. The van der Waals surface area contributed by atoms with E-state index >= 15 is 0 Å². The Labute approximate surface area is 180 Å². The molecule has 4 rings (SSSR count). The number of ether oxygens (including phenoxy) is 1. The van der Waals surface area contributed by atoms with Crippen LogP contribution in [0.1, 0.15) is 24.1 Å². The Morgan fingerprint density at radius 3 is 2.40 bits per heavy atom. The third-order valence-corrected chi connectivity index (χ3v) is 6.35. The van der Waals surface area contributed by atoms with Gasteiger partial charge < -0.3 is 9.64 Å². The second-order valence-electron chi connectivity index (χ2n) is 7.45. The van der Waals surface area contributed by atoms with Gasteiger partial charge in [-0.05, 0) is 25.3 Å². The lowest BCUT2D eigenvalue weighted by molar-refractivity contribution is -0.151. The molecule has 1 aliphatic rings. The van der Waals surface area contributed by atoms with Crippen molar-refractivity contribution in [3.63, 3.8) is 0 Å². The van der Waals surface area contributed by atoms with E-state index in [0.717, 1.165) is 46.9 Å². The quantitative estimate of drug-likeness (QED) is 0.551. The zero-order valence-corrected chi connectivity index (χ0v) is 17.8. The van der Waals surface area contributed by atoms with Crippen LogP contribution in [0.5, 0.6) is 0 Å². The molecule has 1 aromatic heterocycles. The average molecular weight is 421 g/mol. The number of aryl methyl sites for hydroxylation is 1. The van der Waals surface area contributed by atoms with E-state index in [1.807, 2.05) is 61.5 Å². The zero-order chi connectivity index (χ0) is 20.9. The number of hydrogen-bond acceptors (Lipinski definition) is 5. The molecule has 0 unspecified atom stereocenters. The molecule has 1 fully saturated rings. The van der Waals surface area contributed by atoms with Gasteiger partial charge in [-0.1, -0.05) is 60.2 Å². The van der Waals surface area contributed by atoms with Crippen molar-refractivity contribution in [1.29, 1.82) is 0 Å². The van der Waals surface area contributed by atoms with Crippen molar-refractivity contribution in [1.82, 2.24) is 9.88 Å². The Bertz CT molecular complexity index is 1020. The van der Waals surface area contributed by atoms with Gasteiger partial charge >= 0.3 is 5.97 Å². The number of thiazole rings is 1. The zero-order valence-electron chi connectivity index (χ0n) is 17.0. The van der Waals surface area contributed by atoms with Crippen LogP contribution >= 0.6 is 11.3 Å². The van der Waals surface area contributed by atoms with Gasteiger partial charge in [0.15, 0.2) is 6.61 Å². The van der Waals surface area contributed by atoms with Crippen LogP contribution in [-0.2, 0) is 20.7 Å². The maximum Gasteiger partial charge on any atom is 0.312 e. The molecule has 0 spiro atoms. The summed E-state index contributed by atoms with van der Waals surface area (Å²) in [5, 5.41) is 0.863. The summed E-state index contributed by atoms with van der Waals surface area (Å²) in [6.07, 6.45) is 2.07. The fourth-order valence-corrected chi connectivity index (χ4v) is 4.59. The molecule has 0 bridgehead atoms. The van der Waals surface area contributed by atoms with Crippen molar-refractivity contribution in [3.8, 4) is 21.0 Å². The molecule has 0 aliphatic carbocycles. The van der Waals surface area contributed by atoms with E-state index in [1.165, 1.54) is 5.56 Å². The van der Waals surface area contributed by atoms with Gasteiger partial charge in [0.1, 0.15) is 5.01 Å². The molecule has 0 N–H and O–H groups in total. The highest BCUT2D eigenvalue weighted by atomic mass is 32.1. The lowest BCUT2D eigenvalue weighted by Gasteiger charge is -2.14. The topological polar surface area (TPSA) is 59.5 Å². The second-order valence-corrected chi connectivity index (χ2v) is 8.45. The third-order valence-electron chi connectivity index (χ3n) is 5.16. The predicted molar refractivity (Wildman–Crippen MR) is 118 cm³/mol. The van der Waals surface area contributed by atoms with Gasteiger partial charge in [-0.25, -0.2) is 4.98 Å². The summed E-state index contributed by atoms with van der Waals surface area (Å²) in [5.41, 5.74) is 3.89. The molecule has 1 amide bonds. The van der Waals surface area contributed by atoms with Gasteiger partial charge in [-0.15, -0.1) is 11.3 Å². The minimum Gasteiger partial charge on any atom is -0.455 e. The number of amides is 1. The molecular weight excluding hydrogens is 396 g/mol. The largest absolute Gasteiger partial charge is 0.455 e. The highest BCUT2D eigenvalue weighted by Crippen LogP contribution is 2.36. The van der Waals surface area contributed by atoms with Crippen molar-refractivity contribution in [3.05, 3.63) is 65.9 Å². The maximum absolute atomic E-state index is 12.5. The second kappa shape index (κ2) is 9.22. The maximum atomic E-state index is 12.5. The first-order valence-corrected chi connectivity index (χ1v) is 11.0. The summed E-state index contributed by atoms with van der Waals surface area (Å²) >= 11 is 1.56. The van der Waals surface area contributed by atoms with Gasteiger partial charge in [0.2, 0.25) is 0 Å². The Morgan fingerprint density at radius 2 is 1.70 bits per heavy atom. The molecule has 0 saturated carbocycles. The number of carbonyl (C=O) groups excluding carboxylic acids is 2. The van der Waals surface area contributed by atoms with Crippen molar-refractivity contribution >= 4 is 23.2 Å². The smallest absolute Gasteiger partial charge is 0.312 e. The van der Waals surface area contributed by atoms with E-state index in [-0.39, 0.29) is 18.9 Å². The van der Waals surface area contributed by atoms with E-state index in [0.29, 0.717) is 5.69 Å². The molecule has 2 heterocycles. The first-order chi connectivity index (χ1) is 14.6. The fourth-order valence-electron chi connectivity index (χ4n) is 3.49. The minimum absolute atomic E-state index is 0.0415. The van der Waals surface area contributed by atoms with E-state index in [1.54, 1.807) is 16.2 Å². The van der Waals surface area contributed by atoms with Crippen LogP contribution < -0.4 is 0 Å². The van der Waals surface area contributed by atoms with Gasteiger partial charge in [0.05, 0.1) is 17.0 Å². The number of carbonyl (C=O) groups is 2. The molecule has 3 aromatic rings. The van der Waals surface area contributed by atoms with Crippen LogP contribution in [0.25, 0.3) is 21.0 Å². The molecule has 154 valence electrons. The lowest BCUT2D eigenvalue weighted by atomic mass is 10.1. The van der Waals surface area contributed by atoms with Crippen LogP contribution in [0.3, 0.4) is 0 Å². The molecule has 0 radical (unpaired) electrons. The van der Waals surface area contributed by atoms with Crippen molar-refractivity contribution in [2.45, 2.75) is 26.2 Å². The number of likely N-dealkylation sites (tertiary alicyclic amines) is 1. The van der Waals surface area contributed by atoms with Gasteiger partial charge in [-0.2, -0.15) is 0 Å². The van der Waals surface area contributed by atoms with Crippen LogP contribution in [0, 0.1) is 6.92 Å². The Morgan fingerprint density at radius 1 is 1.00 bits per heavy atom. The number of benzene rings is 2. The van der Waals surface area contributed by atoms with Crippen molar-refractivity contribution < 1.29 is 14.3 Å². The van der Waals surface area contributed by atoms with Crippen molar-refractivity contribution in [2.75, 3.05) is 19.7 Å². The molecule has 2 aromatic carbocycles. The van der Waals surface area contributed by atoms with Crippen LogP contribution in [-0.4, -0.2) is 41.5 Å². The summed E-state index contributed by atoms with van der Waals surface area (Å²) in [6.45, 7) is 3.34. The summed E-state index contributed by atoms with van der Waals surface area (Å²) in [7, 11) is 0. The highest BCUT2D eigenvalue weighted by molar-refractivity contribution is 7.18. The van der Waals surface area contributed by atoms with Gasteiger partial charge in [0.25, 0.3) is 5.91 Å². The number of hydrogen-bond donors (Lipinski definition) is 0. The monoisotopic (exact) mass is 420 g/mol. The van der Waals surface area contributed by atoms with Crippen LogP contribution in [0.4, 0.5) is 0 Å².